The Morgan fingerprint density at radius 2 is 2.12 bits per heavy atom. The fraction of sp³-hybridized carbons (Fsp3) is 0.474. The SMILES string of the molecule is CCCCNC(=O)N[C@H]1CCc2c(c3ccccc3n2CC(=O)O)C1. The summed E-state index contributed by atoms with van der Waals surface area (Å²) in [6, 6.07) is 7.88. The highest BCUT2D eigenvalue weighted by molar-refractivity contribution is 5.87. The summed E-state index contributed by atoms with van der Waals surface area (Å²) in [6.07, 6.45) is 4.37. The minimum Gasteiger partial charge on any atom is -0.480 e. The smallest absolute Gasteiger partial charge is 0.323 e. The first kappa shape index (κ1) is 17.3. The Morgan fingerprint density at radius 3 is 2.88 bits per heavy atom. The Morgan fingerprint density at radius 1 is 1.32 bits per heavy atom. The van der Waals surface area contributed by atoms with Crippen molar-refractivity contribution in [2.75, 3.05) is 6.54 Å². The van der Waals surface area contributed by atoms with Crippen LogP contribution in [0.15, 0.2) is 24.3 Å². The number of para-hydroxylation sites is 1. The summed E-state index contributed by atoms with van der Waals surface area (Å²) in [7, 11) is 0. The largest absolute Gasteiger partial charge is 0.480 e. The first-order chi connectivity index (χ1) is 12.1. The zero-order valence-electron chi connectivity index (χ0n) is 14.5. The number of hydrogen-bond donors (Lipinski definition) is 3. The van der Waals surface area contributed by atoms with Crippen LogP contribution in [0.1, 0.15) is 37.4 Å². The van der Waals surface area contributed by atoms with Crippen molar-refractivity contribution in [3.05, 3.63) is 35.5 Å². The van der Waals surface area contributed by atoms with Gasteiger partial charge in [-0.2, -0.15) is 0 Å². The summed E-state index contributed by atoms with van der Waals surface area (Å²) in [5.41, 5.74) is 3.22. The highest BCUT2D eigenvalue weighted by atomic mass is 16.4. The average molecular weight is 343 g/mol. The number of benzene rings is 1. The number of fused-ring (bicyclic) bond motifs is 3. The lowest BCUT2D eigenvalue weighted by molar-refractivity contribution is -0.137. The van der Waals surface area contributed by atoms with Gasteiger partial charge in [-0.3, -0.25) is 4.79 Å². The first-order valence-electron chi connectivity index (χ1n) is 8.95. The Balaban J connectivity index is 1.79. The molecule has 3 N–H and O–H groups in total. The number of aromatic nitrogens is 1. The van der Waals surface area contributed by atoms with E-state index in [0.717, 1.165) is 48.7 Å². The van der Waals surface area contributed by atoms with E-state index in [9.17, 15) is 14.7 Å². The third kappa shape index (κ3) is 3.78. The van der Waals surface area contributed by atoms with Crippen LogP contribution in [0, 0.1) is 0 Å². The third-order valence-electron chi connectivity index (χ3n) is 4.82. The van der Waals surface area contributed by atoms with Crippen LogP contribution in [0.4, 0.5) is 4.79 Å². The molecule has 6 heteroatoms. The number of carbonyl (C=O) groups is 2. The van der Waals surface area contributed by atoms with Crippen molar-refractivity contribution in [3.63, 3.8) is 0 Å². The van der Waals surface area contributed by atoms with Crippen LogP contribution < -0.4 is 10.6 Å². The van der Waals surface area contributed by atoms with E-state index in [2.05, 4.69) is 17.6 Å². The number of urea groups is 1. The van der Waals surface area contributed by atoms with Crippen LogP contribution in [0.5, 0.6) is 0 Å². The summed E-state index contributed by atoms with van der Waals surface area (Å²) < 4.78 is 1.91. The molecule has 1 aliphatic carbocycles. The maximum Gasteiger partial charge on any atom is 0.323 e. The number of hydrogen-bond acceptors (Lipinski definition) is 2. The molecule has 0 radical (unpaired) electrons. The van der Waals surface area contributed by atoms with Gasteiger partial charge in [0.25, 0.3) is 0 Å². The maximum atomic E-state index is 12.0. The number of carboxylic acids is 1. The maximum absolute atomic E-state index is 12.0. The summed E-state index contributed by atoms with van der Waals surface area (Å²) in [5, 5.41) is 16.3. The molecular weight excluding hydrogens is 318 g/mol. The standard InChI is InChI=1S/C19H25N3O3/c1-2-3-10-20-19(25)21-13-8-9-17-15(11-13)14-6-4-5-7-16(14)22(17)12-18(23)24/h4-7,13H,2-3,8-12H2,1H3,(H,23,24)(H2,20,21,25)/t13-/m0/s1. The van der Waals surface area contributed by atoms with Crippen molar-refractivity contribution in [1.82, 2.24) is 15.2 Å². The van der Waals surface area contributed by atoms with Gasteiger partial charge in [0.05, 0.1) is 0 Å². The number of nitrogens with one attached hydrogen (secondary N) is 2. The Bertz CT molecular complexity index is 782. The molecule has 0 saturated carbocycles. The average Bonchev–Trinajstić information content (AvgIpc) is 2.89. The van der Waals surface area contributed by atoms with Gasteiger partial charge in [-0.1, -0.05) is 31.5 Å². The molecule has 25 heavy (non-hydrogen) atoms. The van der Waals surface area contributed by atoms with E-state index in [1.54, 1.807) is 0 Å². The molecule has 0 unspecified atom stereocenters. The van der Waals surface area contributed by atoms with Crippen molar-refractivity contribution in [1.29, 1.82) is 0 Å². The molecule has 3 rings (SSSR count). The molecular formula is C19H25N3O3. The predicted molar refractivity (Wildman–Crippen MR) is 96.8 cm³/mol. The summed E-state index contributed by atoms with van der Waals surface area (Å²) in [6.45, 7) is 2.76. The van der Waals surface area contributed by atoms with Gasteiger partial charge in [-0.05, 0) is 37.3 Å². The van der Waals surface area contributed by atoms with Crippen LogP contribution in [-0.4, -0.2) is 34.3 Å². The highest BCUT2D eigenvalue weighted by Gasteiger charge is 2.26. The lowest BCUT2D eigenvalue weighted by Crippen LogP contribution is -2.44. The topological polar surface area (TPSA) is 83.4 Å². The molecule has 134 valence electrons. The van der Waals surface area contributed by atoms with E-state index in [4.69, 9.17) is 0 Å². The number of rotatable bonds is 6. The fourth-order valence-corrected chi connectivity index (χ4v) is 3.66. The second-order valence-corrected chi connectivity index (χ2v) is 6.62. The van der Waals surface area contributed by atoms with Gasteiger partial charge < -0.3 is 20.3 Å². The molecule has 0 fully saturated rings. The summed E-state index contributed by atoms with van der Waals surface area (Å²) in [5.74, 6) is -0.834. The first-order valence-corrected chi connectivity index (χ1v) is 8.95. The van der Waals surface area contributed by atoms with E-state index in [0.29, 0.717) is 6.54 Å². The molecule has 0 saturated heterocycles. The highest BCUT2D eigenvalue weighted by Crippen LogP contribution is 2.32. The minimum absolute atomic E-state index is 0.0224. The Kier molecular flexibility index (Phi) is 5.26. The van der Waals surface area contributed by atoms with Crippen LogP contribution in [0.25, 0.3) is 10.9 Å². The van der Waals surface area contributed by atoms with Crippen molar-refractivity contribution >= 4 is 22.9 Å². The van der Waals surface area contributed by atoms with Gasteiger partial charge in [0.1, 0.15) is 6.54 Å². The van der Waals surface area contributed by atoms with E-state index < -0.39 is 5.97 Å². The molecule has 2 aromatic rings. The fourth-order valence-electron chi connectivity index (χ4n) is 3.66. The number of carbonyl (C=O) groups excluding carboxylic acids is 1. The van der Waals surface area contributed by atoms with Gasteiger partial charge in [0, 0.05) is 29.2 Å². The second-order valence-electron chi connectivity index (χ2n) is 6.62. The lowest BCUT2D eigenvalue weighted by Gasteiger charge is -2.25. The Hall–Kier alpha value is -2.50. The molecule has 1 aromatic carbocycles. The quantitative estimate of drug-likeness (QED) is 0.705. The third-order valence-corrected chi connectivity index (χ3v) is 4.82. The molecule has 1 aromatic heterocycles. The molecule has 2 amide bonds. The predicted octanol–water partition coefficient (Wildman–Crippen LogP) is 2.68. The molecule has 0 spiro atoms. The number of aliphatic carboxylic acids is 1. The monoisotopic (exact) mass is 343 g/mol. The Labute approximate surface area is 147 Å². The summed E-state index contributed by atoms with van der Waals surface area (Å²) in [4.78, 5) is 23.3. The summed E-state index contributed by atoms with van der Waals surface area (Å²) >= 11 is 0. The van der Waals surface area contributed by atoms with Crippen LogP contribution in [0.2, 0.25) is 0 Å². The molecule has 1 heterocycles. The van der Waals surface area contributed by atoms with Crippen molar-refractivity contribution in [3.8, 4) is 0 Å². The van der Waals surface area contributed by atoms with E-state index in [-0.39, 0.29) is 18.6 Å². The van der Waals surface area contributed by atoms with E-state index in [1.165, 1.54) is 5.56 Å². The molecule has 1 atom stereocenters. The molecule has 1 aliphatic rings. The number of carboxylic acid groups (broad SMARTS) is 1. The van der Waals surface area contributed by atoms with Crippen molar-refractivity contribution in [2.24, 2.45) is 0 Å². The van der Waals surface area contributed by atoms with Gasteiger partial charge >= 0.3 is 12.0 Å². The zero-order valence-corrected chi connectivity index (χ0v) is 14.5. The minimum atomic E-state index is -0.834. The van der Waals surface area contributed by atoms with Gasteiger partial charge in [-0.15, -0.1) is 0 Å². The van der Waals surface area contributed by atoms with E-state index in [1.807, 2.05) is 28.8 Å². The number of amides is 2. The lowest BCUT2D eigenvalue weighted by atomic mass is 9.91. The normalized spacial score (nSPS) is 16.4. The van der Waals surface area contributed by atoms with Crippen molar-refractivity contribution in [2.45, 2.75) is 51.6 Å². The number of unbranched alkanes of at least 4 members (excludes halogenated alkanes) is 1. The second kappa shape index (κ2) is 7.59. The van der Waals surface area contributed by atoms with E-state index >= 15 is 0 Å². The molecule has 0 bridgehead atoms. The molecule has 6 nitrogen and oxygen atoms in total. The van der Waals surface area contributed by atoms with Crippen LogP contribution in [0.3, 0.4) is 0 Å². The van der Waals surface area contributed by atoms with Gasteiger partial charge in [0.15, 0.2) is 0 Å². The van der Waals surface area contributed by atoms with Crippen molar-refractivity contribution < 1.29 is 14.7 Å². The van der Waals surface area contributed by atoms with Crippen LogP contribution >= 0.6 is 0 Å². The van der Waals surface area contributed by atoms with Crippen LogP contribution in [-0.2, 0) is 24.2 Å². The number of nitrogens with zero attached hydrogens (tertiary/aromatic N) is 1. The zero-order chi connectivity index (χ0) is 17.8. The van der Waals surface area contributed by atoms with Gasteiger partial charge in [-0.25, -0.2) is 4.79 Å². The van der Waals surface area contributed by atoms with Gasteiger partial charge in [0.2, 0.25) is 0 Å². The molecule has 0 aliphatic heterocycles.